The first-order valence-electron chi connectivity index (χ1n) is 8.14. The number of ether oxygens (including phenoxy) is 1. The molecule has 0 radical (unpaired) electrons. The fourth-order valence-corrected chi connectivity index (χ4v) is 2.97. The van der Waals surface area contributed by atoms with Crippen LogP contribution in [-0.2, 0) is 11.3 Å². The highest BCUT2D eigenvalue weighted by molar-refractivity contribution is 5.78. The number of aliphatic hydroxyl groups is 1. The van der Waals surface area contributed by atoms with Gasteiger partial charge in [-0.3, -0.25) is 9.88 Å². The van der Waals surface area contributed by atoms with E-state index in [1.54, 1.807) is 0 Å². The molecule has 0 unspecified atom stereocenters. The molecule has 0 bridgehead atoms. The molecule has 4 heteroatoms. The molecule has 0 amide bonds. The van der Waals surface area contributed by atoms with Crippen LogP contribution in [0.5, 0.6) is 0 Å². The van der Waals surface area contributed by atoms with Gasteiger partial charge in [-0.2, -0.15) is 0 Å². The first-order chi connectivity index (χ1) is 10.8. The maximum Gasteiger partial charge on any atom is 0.0705 e. The lowest BCUT2D eigenvalue weighted by Gasteiger charge is -2.31. The van der Waals surface area contributed by atoms with Crippen molar-refractivity contribution in [2.24, 2.45) is 0 Å². The fraction of sp³-hybridized carbons (Fsp3) is 0.500. The molecule has 1 aromatic carbocycles. The summed E-state index contributed by atoms with van der Waals surface area (Å²) in [5.41, 5.74) is 2.21. The zero-order valence-corrected chi connectivity index (χ0v) is 12.9. The number of rotatable bonds is 6. The molecule has 0 spiro atoms. The maximum absolute atomic E-state index is 8.78. The van der Waals surface area contributed by atoms with Crippen molar-refractivity contribution in [3.63, 3.8) is 0 Å². The van der Waals surface area contributed by atoms with E-state index >= 15 is 0 Å². The number of para-hydroxylation sites is 1. The Hall–Kier alpha value is -1.49. The summed E-state index contributed by atoms with van der Waals surface area (Å²) in [5.74, 6) is 0. The number of piperidine rings is 1. The number of aliphatic hydroxyl groups excluding tert-OH is 1. The van der Waals surface area contributed by atoms with Gasteiger partial charge in [0.05, 0.1) is 17.3 Å². The predicted molar refractivity (Wildman–Crippen MR) is 87.7 cm³/mol. The highest BCUT2D eigenvalue weighted by Gasteiger charge is 2.19. The Kier molecular flexibility index (Phi) is 5.38. The fourth-order valence-electron chi connectivity index (χ4n) is 2.97. The minimum atomic E-state index is 0.215. The van der Waals surface area contributed by atoms with Crippen molar-refractivity contribution in [1.29, 1.82) is 0 Å². The molecule has 3 rings (SSSR count). The van der Waals surface area contributed by atoms with Crippen LogP contribution in [0.15, 0.2) is 36.4 Å². The molecule has 0 aliphatic carbocycles. The predicted octanol–water partition coefficient (Wildman–Crippen LogP) is 2.60. The van der Waals surface area contributed by atoms with Gasteiger partial charge in [0.15, 0.2) is 0 Å². The third kappa shape index (κ3) is 4.03. The summed E-state index contributed by atoms with van der Waals surface area (Å²) in [6, 6.07) is 12.5. The Morgan fingerprint density at radius 3 is 2.77 bits per heavy atom. The molecule has 0 saturated carbocycles. The molecule has 0 atom stereocenters. The number of hydrogen-bond donors (Lipinski definition) is 1. The minimum absolute atomic E-state index is 0.215. The van der Waals surface area contributed by atoms with Gasteiger partial charge in [-0.25, -0.2) is 0 Å². The first kappa shape index (κ1) is 15.4. The van der Waals surface area contributed by atoms with E-state index in [1.807, 2.05) is 12.1 Å². The minimum Gasteiger partial charge on any atom is -0.396 e. The second-order valence-electron chi connectivity index (χ2n) is 5.92. The van der Waals surface area contributed by atoms with Gasteiger partial charge in [-0.1, -0.05) is 24.3 Å². The molecule has 22 heavy (non-hydrogen) atoms. The lowest BCUT2D eigenvalue weighted by Crippen LogP contribution is -2.36. The van der Waals surface area contributed by atoms with Crippen molar-refractivity contribution in [3.05, 3.63) is 42.1 Å². The Labute approximate surface area is 131 Å². The van der Waals surface area contributed by atoms with Gasteiger partial charge in [0.1, 0.15) is 0 Å². The monoisotopic (exact) mass is 300 g/mol. The normalized spacial score (nSPS) is 17.1. The zero-order valence-electron chi connectivity index (χ0n) is 12.9. The molecular weight excluding hydrogens is 276 g/mol. The SMILES string of the molecule is OCCCOC1CCN(Cc2ccc3ccccc3n2)CC1. The van der Waals surface area contributed by atoms with Gasteiger partial charge in [0, 0.05) is 38.2 Å². The van der Waals surface area contributed by atoms with Crippen molar-refractivity contribution >= 4 is 10.9 Å². The molecule has 1 aliphatic rings. The molecule has 1 N–H and O–H groups in total. The summed E-state index contributed by atoms with van der Waals surface area (Å²) in [4.78, 5) is 7.20. The number of pyridine rings is 1. The summed E-state index contributed by atoms with van der Waals surface area (Å²) >= 11 is 0. The van der Waals surface area contributed by atoms with E-state index in [2.05, 4.69) is 29.2 Å². The zero-order chi connectivity index (χ0) is 15.2. The maximum atomic E-state index is 8.78. The summed E-state index contributed by atoms with van der Waals surface area (Å²) in [7, 11) is 0. The highest BCUT2D eigenvalue weighted by Crippen LogP contribution is 2.17. The van der Waals surface area contributed by atoms with Gasteiger partial charge < -0.3 is 9.84 Å². The van der Waals surface area contributed by atoms with Gasteiger partial charge in [-0.05, 0) is 31.4 Å². The quantitative estimate of drug-likeness (QED) is 0.833. The lowest BCUT2D eigenvalue weighted by atomic mass is 10.1. The van der Waals surface area contributed by atoms with E-state index in [4.69, 9.17) is 14.8 Å². The van der Waals surface area contributed by atoms with Crippen LogP contribution in [0.2, 0.25) is 0 Å². The number of benzene rings is 1. The lowest BCUT2D eigenvalue weighted by molar-refractivity contribution is 0.000591. The average Bonchev–Trinajstić information content (AvgIpc) is 2.57. The molecular formula is C18H24N2O2. The topological polar surface area (TPSA) is 45.6 Å². The Bertz CT molecular complexity index is 594. The van der Waals surface area contributed by atoms with E-state index in [1.165, 1.54) is 5.39 Å². The van der Waals surface area contributed by atoms with E-state index < -0.39 is 0 Å². The molecule has 2 aromatic rings. The molecule has 4 nitrogen and oxygen atoms in total. The Morgan fingerprint density at radius 1 is 1.14 bits per heavy atom. The van der Waals surface area contributed by atoms with Crippen LogP contribution in [-0.4, -0.2) is 47.4 Å². The molecule has 2 heterocycles. The second-order valence-corrected chi connectivity index (χ2v) is 5.92. The van der Waals surface area contributed by atoms with Crippen molar-refractivity contribution in [1.82, 2.24) is 9.88 Å². The van der Waals surface area contributed by atoms with Gasteiger partial charge in [0.25, 0.3) is 0 Å². The molecule has 1 saturated heterocycles. The van der Waals surface area contributed by atoms with Crippen molar-refractivity contribution in [2.45, 2.75) is 31.9 Å². The summed E-state index contributed by atoms with van der Waals surface area (Å²) in [5, 5.41) is 9.98. The number of nitrogens with zero attached hydrogens (tertiary/aromatic N) is 2. The standard InChI is InChI=1S/C18H24N2O2/c21-12-3-13-22-17-8-10-20(11-9-17)14-16-7-6-15-4-1-2-5-18(15)19-16/h1-2,4-7,17,21H,3,8-14H2. The molecule has 1 fully saturated rings. The van der Waals surface area contributed by atoms with Crippen LogP contribution in [0, 0.1) is 0 Å². The number of aromatic nitrogens is 1. The van der Waals surface area contributed by atoms with Crippen LogP contribution in [0.4, 0.5) is 0 Å². The first-order valence-corrected chi connectivity index (χ1v) is 8.14. The van der Waals surface area contributed by atoms with E-state index in [9.17, 15) is 0 Å². The van der Waals surface area contributed by atoms with Crippen LogP contribution >= 0.6 is 0 Å². The van der Waals surface area contributed by atoms with E-state index in [0.29, 0.717) is 12.7 Å². The number of fused-ring (bicyclic) bond motifs is 1. The Balaban J connectivity index is 1.51. The second kappa shape index (κ2) is 7.68. The van der Waals surface area contributed by atoms with Crippen LogP contribution in [0.25, 0.3) is 10.9 Å². The third-order valence-electron chi connectivity index (χ3n) is 4.23. The largest absolute Gasteiger partial charge is 0.396 e. The van der Waals surface area contributed by atoms with Gasteiger partial charge in [0.2, 0.25) is 0 Å². The van der Waals surface area contributed by atoms with Crippen LogP contribution in [0.1, 0.15) is 25.0 Å². The Morgan fingerprint density at radius 2 is 1.95 bits per heavy atom. The smallest absolute Gasteiger partial charge is 0.0705 e. The van der Waals surface area contributed by atoms with Gasteiger partial charge in [-0.15, -0.1) is 0 Å². The highest BCUT2D eigenvalue weighted by atomic mass is 16.5. The summed E-state index contributed by atoms with van der Waals surface area (Å²) in [6.07, 6.45) is 3.23. The van der Waals surface area contributed by atoms with Crippen molar-refractivity contribution in [3.8, 4) is 0 Å². The number of hydrogen-bond acceptors (Lipinski definition) is 4. The summed E-state index contributed by atoms with van der Waals surface area (Å²) < 4.78 is 5.78. The number of likely N-dealkylation sites (tertiary alicyclic amines) is 1. The van der Waals surface area contributed by atoms with Gasteiger partial charge >= 0.3 is 0 Å². The molecule has 1 aromatic heterocycles. The summed E-state index contributed by atoms with van der Waals surface area (Å²) in [6.45, 7) is 3.91. The van der Waals surface area contributed by atoms with Crippen LogP contribution < -0.4 is 0 Å². The third-order valence-corrected chi connectivity index (χ3v) is 4.23. The average molecular weight is 300 g/mol. The molecule has 118 valence electrons. The molecule has 1 aliphatic heterocycles. The van der Waals surface area contributed by atoms with Crippen molar-refractivity contribution in [2.75, 3.05) is 26.3 Å². The van der Waals surface area contributed by atoms with Crippen molar-refractivity contribution < 1.29 is 9.84 Å². The van der Waals surface area contributed by atoms with E-state index in [-0.39, 0.29) is 6.61 Å². The van der Waals surface area contributed by atoms with Crippen LogP contribution in [0.3, 0.4) is 0 Å². The van der Waals surface area contributed by atoms with E-state index in [0.717, 1.165) is 50.1 Å².